The van der Waals surface area contributed by atoms with Crippen LogP contribution < -0.4 is 5.73 Å². The first kappa shape index (κ1) is 11.0. The normalized spacial score (nSPS) is 25.8. The summed E-state index contributed by atoms with van der Waals surface area (Å²) in [4.78, 5) is 13.7. The first-order valence-corrected chi connectivity index (χ1v) is 5.41. The Morgan fingerprint density at radius 1 is 1.62 bits per heavy atom. The SMILES string of the molecule is CC1CCN(C(=O)Cn2cnnn2)CC1N. The number of rotatable bonds is 2. The fourth-order valence-electron chi connectivity index (χ4n) is 1.82. The zero-order valence-corrected chi connectivity index (χ0v) is 9.28. The fourth-order valence-corrected chi connectivity index (χ4v) is 1.82. The summed E-state index contributed by atoms with van der Waals surface area (Å²) in [5.74, 6) is 0.506. The topological polar surface area (TPSA) is 89.9 Å². The third-order valence-electron chi connectivity index (χ3n) is 3.06. The molecule has 0 radical (unpaired) electrons. The Labute approximate surface area is 93.6 Å². The molecule has 1 aliphatic rings. The fraction of sp³-hybridized carbons (Fsp3) is 0.778. The Kier molecular flexibility index (Phi) is 3.14. The third-order valence-corrected chi connectivity index (χ3v) is 3.06. The Bertz CT molecular complexity index is 351. The standard InChI is InChI=1S/C9H16N6O/c1-7-2-3-14(4-8(7)10)9(16)5-15-6-11-12-13-15/h6-8H,2-5,10H2,1H3. The summed E-state index contributed by atoms with van der Waals surface area (Å²) in [6.07, 6.45) is 2.40. The summed E-state index contributed by atoms with van der Waals surface area (Å²) in [5.41, 5.74) is 5.94. The van der Waals surface area contributed by atoms with E-state index >= 15 is 0 Å². The molecule has 2 unspecified atom stereocenters. The summed E-state index contributed by atoms with van der Waals surface area (Å²) < 4.78 is 1.42. The van der Waals surface area contributed by atoms with Gasteiger partial charge in [0.15, 0.2) is 0 Å². The van der Waals surface area contributed by atoms with Gasteiger partial charge in [-0.1, -0.05) is 6.92 Å². The molecule has 0 bridgehead atoms. The second kappa shape index (κ2) is 4.56. The van der Waals surface area contributed by atoms with Gasteiger partial charge < -0.3 is 10.6 Å². The number of nitrogens with two attached hydrogens (primary N) is 1. The molecule has 0 aliphatic carbocycles. The molecule has 1 saturated heterocycles. The molecule has 2 rings (SSSR count). The summed E-state index contributed by atoms with van der Waals surface area (Å²) >= 11 is 0. The van der Waals surface area contributed by atoms with Crippen LogP contribution in [0.4, 0.5) is 0 Å². The maximum Gasteiger partial charge on any atom is 0.244 e. The van der Waals surface area contributed by atoms with Crippen LogP contribution in [-0.4, -0.2) is 50.1 Å². The molecule has 7 nitrogen and oxygen atoms in total. The van der Waals surface area contributed by atoms with Crippen molar-refractivity contribution in [3.63, 3.8) is 0 Å². The van der Waals surface area contributed by atoms with Crippen molar-refractivity contribution in [3.05, 3.63) is 6.33 Å². The molecule has 2 N–H and O–H groups in total. The molecule has 16 heavy (non-hydrogen) atoms. The lowest BCUT2D eigenvalue weighted by atomic mass is 9.94. The number of hydrogen-bond donors (Lipinski definition) is 1. The number of hydrogen-bond acceptors (Lipinski definition) is 5. The van der Waals surface area contributed by atoms with E-state index in [1.807, 2.05) is 0 Å². The van der Waals surface area contributed by atoms with Gasteiger partial charge >= 0.3 is 0 Å². The van der Waals surface area contributed by atoms with Gasteiger partial charge in [0.25, 0.3) is 0 Å². The van der Waals surface area contributed by atoms with Crippen LogP contribution in [0.15, 0.2) is 6.33 Å². The van der Waals surface area contributed by atoms with Crippen molar-refractivity contribution >= 4 is 5.91 Å². The Hall–Kier alpha value is -1.50. The van der Waals surface area contributed by atoms with Crippen LogP contribution in [0.2, 0.25) is 0 Å². The van der Waals surface area contributed by atoms with Crippen LogP contribution in [0.3, 0.4) is 0 Å². The lowest BCUT2D eigenvalue weighted by Gasteiger charge is -2.34. The number of nitrogens with zero attached hydrogens (tertiary/aromatic N) is 5. The number of tetrazole rings is 1. The number of aromatic nitrogens is 4. The Morgan fingerprint density at radius 3 is 3.06 bits per heavy atom. The molecule has 1 aliphatic heterocycles. The average molecular weight is 224 g/mol. The molecule has 2 heterocycles. The second-order valence-electron chi connectivity index (χ2n) is 4.28. The first-order valence-electron chi connectivity index (χ1n) is 5.41. The molecule has 1 aromatic rings. The zero-order valence-electron chi connectivity index (χ0n) is 9.28. The maximum atomic E-state index is 11.9. The maximum absolute atomic E-state index is 11.9. The monoisotopic (exact) mass is 224 g/mol. The van der Waals surface area contributed by atoms with E-state index in [4.69, 9.17) is 5.73 Å². The highest BCUT2D eigenvalue weighted by Gasteiger charge is 2.26. The van der Waals surface area contributed by atoms with Crippen LogP contribution in [0.25, 0.3) is 0 Å². The number of carbonyl (C=O) groups is 1. The van der Waals surface area contributed by atoms with E-state index in [2.05, 4.69) is 22.4 Å². The van der Waals surface area contributed by atoms with E-state index in [0.29, 0.717) is 12.5 Å². The quantitative estimate of drug-likeness (QED) is 0.686. The van der Waals surface area contributed by atoms with E-state index in [1.165, 1.54) is 11.0 Å². The molecule has 1 fully saturated rings. The summed E-state index contributed by atoms with van der Waals surface area (Å²) in [5, 5.41) is 10.6. The van der Waals surface area contributed by atoms with Crippen molar-refractivity contribution in [2.45, 2.75) is 25.9 Å². The molecule has 0 saturated carbocycles. The second-order valence-corrected chi connectivity index (χ2v) is 4.28. The van der Waals surface area contributed by atoms with Gasteiger partial charge in [0, 0.05) is 19.1 Å². The molecular formula is C9H16N6O. The lowest BCUT2D eigenvalue weighted by Crippen LogP contribution is -2.50. The van der Waals surface area contributed by atoms with E-state index < -0.39 is 0 Å². The molecule has 2 atom stereocenters. The summed E-state index contributed by atoms with van der Waals surface area (Å²) in [7, 11) is 0. The van der Waals surface area contributed by atoms with Crippen molar-refractivity contribution in [2.75, 3.05) is 13.1 Å². The highest BCUT2D eigenvalue weighted by molar-refractivity contribution is 5.76. The predicted octanol–water partition coefficient (Wildman–Crippen LogP) is -1.13. The van der Waals surface area contributed by atoms with Crippen LogP contribution >= 0.6 is 0 Å². The largest absolute Gasteiger partial charge is 0.340 e. The zero-order chi connectivity index (χ0) is 11.5. The van der Waals surface area contributed by atoms with Gasteiger partial charge in [-0.3, -0.25) is 4.79 Å². The van der Waals surface area contributed by atoms with Gasteiger partial charge in [0.05, 0.1) is 0 Å². The number of amides is 1. The Balaban J connectivity index is 1.90. The molecule has 88 valence electrons. The summed E-state index contributed by atoms with van der Waals surface area (Å²) in [6.45, 7) is 3.71. The highest BCUT2D eigenvalue weighted by Crippen LogP contribution is 2.15. The van der Waals surface area contributed by atoms with Crippen LogP contribution in [0.5, 0.6) is 0 Å². The first-order chi connectivity index (χ1) is 7.66. The van der Waals surface area contributed by atoms with Crippen LogP contribution in [-0.2, 0) is 11.3 Å². The van der Waals surface area contributed by atoms with Gasteiger partial charge in [-0.05, 0) is 22.8 Å². The highest BCUT2D eigenvalue weighted by atomic mass is 16.2. The third kappa shape index (κ3) is 2.35. The van der Waals surface area contributed by atoms with Crippen molar-refractivity contribution in [1.82, 2.24) is 25.1 Å². The summed E-state index contributed by atoms with van der Waals surface area (Å²) in [6, 6.07) is 0.0755. The smallest absolute Gasteiger partial charge is 0.244 e. The van der Waals surface area contributed by atoms with E-state index in [1.54, 1.807) is 4.90 Å². The van der Waals surface area contributed by atoms with Crippen molar-refractivity contribution in [3.8, 4) is 0 Å². The van der Waals surface area contributed by atoms with Gasteiger partial charge in [0.2, 0.25) is 5.91 Å². The minimum absolute atomic E-state index is 0.0228. The average Bonchev–Trinajstić information content (AvgIpc) is 2.74. The van der Waals surface area contributed by atoms with E-state index in [-0.39, 0.29) is 18.5 Å². The number of piperidine rings is 1. The van der Waals surface area contributed by atoms with E-state index in [9.17, 15) is 4.79 Å². The van der Waals surface area contributed by atoms with Crippen molar-refractivity contribution < 1.29 is 4.79 Å². The molecule has 7 heteroatoms. The molecule has 1 amide bonds. The van der Waals surface area contributed by atoms with Crippen molar-refractivity contribution in [1.29, 1.82) is 0 Å². The van der Waals surface area contributed by atoms with Crippen molar-refractivity contribution in [2.24, 2.45) is 11.7 Å². The minimum Gasteiger partial charge on any atom is -0.340 e. The number of likely N-dealkylation sites (tertiary alicyclic amines) is 1. The van der Waals surface area contributed by atoms with Crippen LogP contribution in [0.1, 0.15) is 13.3 Å². The van der Waals surface area contributed by atoms with Gasteiger partial charge in [-0.2, -0.15) is 0 Å². The minimum atomic E-state index is 0.0228. The van der Waals surface area contributed by atoms with Gasteiger partial charge in [-0.15, -0.1) is 5.10 Å². The van der Waals surface area contributed by atoms with Gasteiger partial charge in [-0.25, -0.2) is 4.68 Å². The lowest BCUT2D eigenvalue weighted by molar-refractivity contribution is -0.133. The molecule has 1 aromatic heterocycles. The molecule has 0 spiro atoms. The number of carbonyl (C=O) groups excluding carboxylic acids is 1. The Morgan fingerprint density at radius 2 is 2.44 bits per heavy atom. The molecule has 0 aromatic carbocycles. The van der Waals surface area contributed by atoms with Gasteiger partial charge in [0.1, 0.15) is 12.9 Å². The predicted molar refractivity (Wildman–Crippen MR) is 56.2 cm³/mol. The van der Waals surface area contributed by atoms with E-state index in [0.717, 1.165) is 13.0 Å². The van der Waals surface area contributed by atoms with Crippen LogP contribution in [0, 0.1) is 5.92 Å². The molecular weight excluding hydrogens is 208 g/mol.